The molecule has 2 saturated carbocycles. The molecule has 7 nitrogen and oxygen atoms in total. The minimum Gasteiger partial charge on any atom is -0.506 e. The molecule has 4 aliphatic carbocycles. The Morgan fingerprint density at radius 3 is 1.82 bits per heavy atom. The van der Waals surface area contributed by atoms with Crippen LogP contribution in [0.25, 0.3) is 5.69 Å². The first-order chi connectivity index (χ1) is 23.9. The van der Waals surface area contributed by atoms with E-state index in [4.69, 9.17) is 51.1 Å². The Hall–Kier alpha value is -3.10. The van der Waals surface area contributed by atoms with Gasteiger partial charge in [0.05, 0.1) is 15.7 Å². The number of aromatic hydroxyl groups is 1. The maximum atomic E-state index is 13.3. The second-order valence-electron chi connectivity index (χ2n) is 14.7. The fourth-order valence-electron chi connectivity index (χ4n) is 8.75. The van der Waals surface area contributed by atoms with Crippen LogP contribution < -0.4 is 4.74 Å². The minimum absolute atomic E-state index is 0.0334. The normalized spacial score (nSPS) is 23.2. The Balaban J connectivity index is 0.000000176. The molecule has 1 N–H and O–H groups in total. The molecule has 1 heterocycles. The van der Waals surface area contributed by atoms with E-state index in [0.29, 0.717) is 58.2 Å². The molecule has 2 atom stereocenters. The molecule has 4 aromatic rings. The molecule has 0 spiro atoms. The number of nitrogens with zero attached hydrogens (tertiary/aromatic N) is 3. The largest absolute Gasteiger partial charge is 0.506 e. The van der Waals surface area contributed by atoms with Crippen molar-refractivity contribution in [1.29, 1.82) is 0 Å². The first-order valence-electron chi connectivity index (χ1n) is 17.3. The molecule has 3 aromatic carbocycles. The third kappa shape index (κ3) is 6.12. The highest BCUT2D eigenvalue weighted by molar-refractivity contribution is 6.46. The van der Waals surface area contributed by atoms with Crippen LogP contribution >= 0.6 is 46.4 Å². The number of phenols is 1. The average molecular weight is 756 g/mol. The van der Waals surface area contributed by atoms with Crippen LogP contribution in [-0.2, 0) is 19.4 Å². The first kappa shape index (κ1) is 35.3. The Kier molecular flexibility index (Phi) is 9.74. The number of carbonyl (C=O) groups excluding carboxylic acids is 2. The number of fused-ring (bicyclic) bond motifs is 2. The van der Waals surface area contributed by atoms with Crippen LogP contribution in [0.4, 0.5) is 0 Å². The van der Waals surface area contributed by atoms with Gasteiger partial charge in [0, 0.05) is 22.0 Å². The third-order valence-electron chi connectivity index (χ3n) is 11.7. The Bertz CT molecular complexity index is 1950. The summed E-state index contributed by atoms with van der Waals surface area (Å²) in [4.78, 5) is 30.0. The zero-order chi connectivity index (χ0) is 35.4. The molecule has 0 aliphatic heterocycles. The lowest BCUT2D eigenvalue weighted by Gasteiger charge is -2.29. The van der Waals surface area contributed by atoms with Gasteiger partial charge in [-0.05, 0) is 91.3 Å². The molecule has 1 aromatic heterocycles. The van der Waals surface area contributed by atoms with E-state index < -0.39 is 0 Å². The number of hydrogen-bond donors (Lipinski definition) is 1. The van der Waals surface area contributed by atoms with Crippen molar-refractivity contribution in [2.75, 3.05) is 0 Å². The maximum absolute atomic E-state index is 13.3. The zero-order valence-electron chi connectivity index (χ0n) is 28.1. The van der Waals surface area contributed by atoms with Crippen molar-refractivity contribution in [1.82, 2.24) is 14.8 Å². The summed E-state index contributed by atoms with van der Waals surface area (Å²) in [6.07, 6.45) is 13.7. The van der Waals surface area contributed by atoms with E-state index in [9.17, 15) is 14.7 Å². The van der Waals surface area contributed by atoms with Gasteiger partial charge in [0.2, 0.25) is 0 Å². The topological polar surface area (TPSA) is 94.3 Å². The molecule has 4 aliphatic rings. The van der Waals surface area contributed by atoms with E-state index in [-0.39, 0.29) is 38.2 Å². The van der Waals surface area contributed by atoms with Crippen molar-refractivity contribution in [2.45, 2.75) is 84.7 Å². The smallest absolute Gasteiger partial charge is 0.171 e. The van der Waals surface area contributed by atoms with Gasteiger partial charge < -0.3 is 9.84 Å². The van der Waals surface area contributed by atoms with Gasteiger partial charge in [-0.25, -0.2) is 9.67 Å². The lowest BCUT2D eigenvalue weighted by atomic mass is 9.73. The number of carbonyl (C=O) groups is 2. The van der Waals surface area contributed by atoms with E-state index in [1.165, 1.54) is 32.0 Å². The van der Waals surface area contributed by atoms with E-state index in [2.05, 4.69) is 17.0 Å². The summed E-state index contributed by atoms with van der Waals surface area (Å²) in [7, 11) is 0. The van der Waals surface area contributed by atoms with Crippen LogP contribution in [0.1, 0.15) is 103 Å². The van der Waals surface area contributed by atoms with Crippen LogP contribution in [0.5, 0.6) is 11.5 Å². The maximum Gasteiger partial charge on any atom is 0.171 e. The predicted octanol–water partition coefficient (Wildman–Crippen LogP) is 10.7. The number of rotatable bonds is 6. The molecule has 0 amide bonds. The summed E-state index contributed by atoms with van der Waals surface area (Å²) in [5.41, 5.74) is 4.05. The fraction of sp³-hybridized carbons (Fsp3) is 0.436. The number of aromatic nitrogens is 3. The monoisotopic (exact) mass is 753 g/mol. The number of benzene rings is 3. The molecule has 8 rings (SSSR count). The summed E-state index contributed by atoms with van der Waals surface area (Å²) in [6, 6.07) is 11.4. The SMILES string of the molecule is CC1(C2CCCC2)Cc2cc(O)c(Cl)c(Cl)c2C1=O.CC1(C2CCCC2)Cc2cc(OCc3ccc(-n4cncn4)cc3)c(Cl)c(Cl)c2C1=O. The second-order valence-corrected chi connectivity index (χ2v) is 16.2. The third-order valence-corrected chi connectivity index (χ3v) is 13.4. The van der Waals surface area contributed by atoms with E-state index in [1.54, 1.807) is 17.1 Å². The summed E-state index contributed by atoms with van der Waals surface area (Å²) < 4.78 is 7.72. The summed E-state index contributed by atoms with van der Waals surface area (Å²) in [6.45, 7) is 4.47. The second kappa shape index (κ2) is 13.8. The number of ether oxygens (including phenoxy) is 1. The van der Waals surface area contributed by atoms with Crippen LogP contribution in [0.2, 0.25) is 20.1 Å². The summed E-state index contributed by atoms with van der Waals surface area (Å²) in [5.74, 6) is 1.56. The molecular weight excluding hydrogens is 716 g/mol. The molecule has 2 unspecified atom stereocenters. The molecule has 0 bridgehead atoms. The summed E-state index contributed by atoms with van der Waals surface area (Å²) in [5, 5.41) is 14.8. The van der Waals surface area contributed by atoms with E-state index in [1.807, 2.05) is 37.3 Å². The van der Waals surface area contributed by atoms with Gasteiger partial charge in [-0.3, -0.25) is 9.59 Å². The number of ketones is 2. The van der Waals surface area contributed by atoms with Gasteiger partial charge in [-0.1, -0.05) is 98.1 Å². The molecule has 262 valence electrons. The summed E-state index contributed by atoms with van der Waals surface area (Å²) >= 11 is 25.2. The molecular formula is C39H39Cl4N3O4. The Morgan fingerprint density at radius 2 is 1.30 bits per heavy atom. The van der Waals surface area contributed by atoms with E-state index >= 15 is 0 Å². The fourth-order valence-corrected chi connectivity index (χ4v) is 9.70. The van der Waals surface area contributed by atoms with Crippen LogP contribution in [0.3, 0.4) is 0 Å². The van der Waals surface area contributed by atoms with Crippen molar-refractivity contribution < 1.29 is 19.4 Å². The van der Waals surface area contributed by atoms with Crippen molar-refractivity contribution in [2.24, 2.45) is 22.7 Å². The number of hydrogen-bond acceptors (Lipinski definition) is 6. The lowest BCUT2D eigenvalue weighted by molar-refractivity contribution is 0.0738. The standard InChI is InChI=1S/C24H23Cl2N3O2.C15H16Cl2O2/c1-24(17-4-2-3-5-17)11-16-10-19(21(25)22(26)20(16)23(24)30)31-12-15-6-8-18(9-7-15)29-14-27-13-28-29;1-15(9-4-2-3-5-9)7-8-6-10(18)12(16)13(17)11(8)14(15)19/h6-10,13-14,17H,2-5,11-12H2,1H3;6,9,18H,2-5,7H2,1H3. The molecule has 50 heavy (non-hydrogen) atoms. The van der Waals surface area contributed by atoms with Crippen molar-refractivity contribution >= 4 is 58.0 Å². The Labute approximate surface area is 312 Å². The Morgan fingerprint density at radius 1 is 0.780 bits per heavy atom. The van der Waals surface area contributed by atoms with Gasteiger partial charge in [0.1, 0.15) is 40.8 Å². The van der Waals surface area contributed by atoms with Crippen molar-refractivity contribution in [3.05, 3.63) is 97.0 Å². The van der Waals surface area contributed by atoms with Gasteiger partial charge in [-0.2, -0.15) is 5.10 Å². The number of Topliss-reactive ketones (excluding diaryl/α,β-unsaturated/α-hetero) is 2. The average Bonchev–Trinajstić information content (AvgIpc) is 3.95. The van der Waals surface area contributed by atoms with Gasteiger partial charge in [0.25, 0.3) is 0 Å². The van der Waals surface area contributed by atoms with Crippen molar-refractivity contribution in [3.8, 4) is 17.2 Å². The lowest BCUT2D eigenvalue weighted by Crippen LogP contribution is -2.32. The van der Waals surface area contributed by atoms with E-state index in [0.717, 1.165) is 48.1 Å². The van der Waals surface area contributed by atoms with Crippen LogP contribution in [0, 0.1) is 22.7 Å². The predicted molar refractivity (Wildman–Crippen MR) is 196 cm³/mol. The van der Waals surface area contributed by atoms with Crippen molar-refractivity contribution in [3.63, 3.8) is 0 Å². The zero-order valence-corrected chi connectivity index (χ0v) is 31.1. The first-order valence-corrected chi connectivity index (χ1v) is 18.8. The minimum atomic E-state index is -0.387. The highest BCUT2D eigenvalue weighted by Gasteiger charge is 2.50. The van der Waals surface area contributed by atoms with Gasteiger partial charge >= 0.3 is 0 Å². The molecule has 11 heteroatoms. The van der Waals surface area contributed by atoms with Crippen LogP contribution in [0.15, 0.2) is 49.1 Å². The molecule has 0 saturated heterocycles. The number of halogens is 4. The molecule has 2 fully saturated rings. The highest BCUT2D eigenvalue weighted by atomic mass is 35.5. The number of phenolic OH excluding ortho intramolecular Hbond substituents is 1. The van der Waals surface area contributed by atoms with Gasteiger partial charge in [0.15, 0.2) is 11.6 Å². The molecule has 0 radical (unpaired) electrons. The quantitative estimate of drug-likeness (QED) is 0.211. The van der Waals surface area contributed by atoms with Gasteiger partial charge in [-0.15, -0.1) is 0 Å². The van der Waals surface area contributed by atoms with Crippen LogP contribution in [-0.4, -0.2) is 31.4 Å². The highest BCUT2D eigenvalue weighted by Crippen LogP contribution is 2.54.